The van der Waals surface area contributed by atoms with Gasteiger partial charge in [0.25, 0.3) is 10.0 Å². The molecule has 2 aromatic heterocycles. The smallest absolute Gasteiger partial charge is 0.274 e. The second-order valence-corrected chi connectivity index (χ2v) is 5.61. The molecule has 0 saturated carbocycles. The van der Waals surface area contributed by atoms with E-state index >= 15 is 0 Å². The first-order valence-corrected chi connectivity index (χ1v) is 7.07. The minimum Gasteiger partial charge on any atom is -0.447 e. The zero-order chi connectivity index (χ0) is 13.9. The summed E-state index contributed by atoms with van der Waals surface area (Å²) in [5, 5.41) is 6.74. The average Bonchev–Trinajstić information content (AvgIpc) is 2.97. The Hall–Kier alpha value is -1.71. The normalized spacial score (nSPS) is 11.9. The maximum absolute atomic E-state index is 11.9. The Kier molecular flexibility index (Phi) is 3.98. The van der Waals surface area contributed by atoms with Crippen molar-refractivity contribution in [2.24, 2.45) is 7.05 Å². The van der Waals surface area contributed by atoms with Crippen LogP contribution < -0.4 is 10.0 Å². The van der Waals surface area contributed by atoms with Crippen LogP contribution in [0, 0.1) is 0 Å². The highest BCUT2D eigenvalue weighted by Crippen LogP contribution is 2.13. The van der Waals surface area contributed by atoms with Gasteiger partial charge in [-0.1, -0.05) is 0 Å². The van der Waals surface area contributed by atoms with E-state index in [0.717, 1.165) is 0 Å². The average molecular weight is 285 g/mol. The molecule has 0 bridgehead atoms. The van der Waals surface area contributed by atoms with E-state index in [1.807, 2.05) is 0 Å². The molecule has 0 aliphatic carbocycles. The van der Waals surface area contributed by atoms with Crippen molar-refractivity contribution >= 4 is 10.0 Å². The Morgan fingerprint density at radius 3 is 2.79 bits per heavy atom. The van der Waals surface area contributed by atoms with E-state index in [-0.39, 0.29) is 11.6 Å². The van der Waals surface area contributed by atoms with Crippen molar-refractivity contribution in [3.05, 3.63) is 30.0 Å². The van der Waals surface area contributed by atoms with Gasteiger partial charge in [-0.05, 0) is 19.2 Å². The number of rotatable bonds is 6. The molecule has 0 radical (unpaired) electrons. The van der Waals surface area contributed by atoms with Crippen molar-refractivity contribution < 1.29 is 12.8 Å². The van der Waals surface area contributed by atoms with E-state index in [9.17, 15) is 8.42 Å². The van der Waals surface area contributed by atoms with E-state index in [2.05, 4.69) is 20.1 Å². The summed E-state index contributed by atoms with van der Waals surface area (Å²) >= 11 is 0. The molecule has 9 heteroatoms. The molecule has 2 N–H and O–H groups in total. The molecule has 0 aromatic carbocycles. The number of hydrogen-bond donors (Lipinski definition) is 2. The van der Waals surface area contributed by atoms with Crippen LogP contribution in [0.25, 0.3) is 0 Å². The maximum Gasteiger partial charge on any atom is 0.274 e. The number of sulfonamides is 1. The Morgan fingerprint density at radius 1 is 1.37 bits per heavy atom. The summed E-state index contributed by atoms with van der Waals surface area (Å²) < 4.78 is 33.0. The highest BCUT2D eigenvalue weighted by molar-refractivity contribution is 7.89. The van der Waals surface area contributed by atoms with Gasteiger partial charge >= 0.3 is 0 Å². The van der Waals surface area contributed by atoms with E-state index in [1.54, 1.807) is 20.2 Å². The molecule has 2 aromatic rings. The van der Waals surface area contributed by atoms with Crippen molar-refractivity contribution in [3.63, 3.8) is 0 Å². The molecule has 0 unspecified atom stereocenters. The van der Waals surface area contributed by atoms with Crippen LogP contribution in [0.1, 0.15) is 11.6 Å². The summed E-state index contributed by atoms with van der Waals surface area (Å²) in [6, 6.07) is 3.03. The zero-order valence-corrected chi connectivity index (χ0v) is 11.4. The predicted octanol–water partition coefficient (Wildman–Crippen LogP) is -0.394. The number of nitrogens with zero attached hydrogens (tertiary/aromatic N) is 3. The third-order valence-electron chi connectivity index (χ3n) is 2.32. The van der Waals surface area contributed by atoms with E-state index in [4.69, 9.17) is 4.42 Å². The third kappa shape index (κ3) is 3.40. The van der Waals surface area contributed by atoms with Gasteiger partial charge in [0.1, 0.15) is 12.1 Å². The SMILES string of the molecule is CNCc1ccc(S(=O)(=O)NCc2ncn(C)n2)o1. The van der Waals surface area contributed by atoms with Crippen LogP contribution in [0.2, 0.25) is 0 Å². The highest BCUT2D eigenvalue weighted by Gasteiger charge is 2.19. The molecule has 0 atom stereocenters. The lowest BCUT2D eigenvalue weighted by atomic mass is 10.4. The number of aromatic nitrogens is 3. The fourth-order valence-electron chi connectivity index (χ4n) is 1.47. The molecular formula is C10H15N5O3S. The van der Waals surface area contributed by atoms with Gasteiger partial charge in [-0.2, -0.15) is 5.10 Å². The zero-order valence-electron chi connectivity index (χ0n) is 10.6. The van der Waals surface area contributed by atoms with Crippen molar-refractivity contribution in [1.29, 1.82) is 0 Å². The highest BCUT2D eigenvalue weighted by atomic mass is 32.2. The van der Waals surface area contributed by atoms with Gasteiger partial charge in [0.2, 0.25) is 5.09 Å². The summed E-state index contributed by atoms with van der Waals surface area (Å²) in [5.41, 5.74) is 0. The largest absolute Gasteiger partial charge is 0.447 e. The van der Waals surface area contributed by atoms with Crippen LogP contribution in [0.5, 0.6) is 0 Å². The van der Waals surface area contributed by atoms with E-state index in [1.165, 1.54) is 17.1 Å². The summed E-state index contributed by atoms with van der Waals surface area (Å²) in [6.45, 7) is 0.489. The van der Waals surface area contributed by atoms with Crippen LogP contribution >= 0.6 is 0 Å². The Balaban J connectivity index is 2.04. The lowest BCUT2D eigenvalue weighted by molar-refractivity contribution is 0.404. The second kappa shape index (κ2) is 5.51. The van der Waals surface area contributed by atoms with Gasteiger partial charge in [0.15, 0.2) is 5.82 Å². The molecule has 19 heavy (non-hydrogen) atoms. The number of hydrogen-bond acceptors (Lipinski definition) is 6. The molecule has 0 amide bonds. The van der Waals surface area contributed by atoms with Crippen LogP contribution in [-0.4, -0.2) is 30.2 Å². The first kappa shape index (κ1) is 13.7. The van der Waals surface area contributed by atoms with Gasteiger partial charge < -0.3 is 9.73 Å². The number of aryl methyl sites for hydroxylation is 1. The molecule has 2 rings (SSSR count). The van der Waals surface area contributed by atoms with Crippen molar-refractivity contribution in [2.45, 2.75) is 18.2 Å². The quantitative estimate of drug-likeness (QED) is 0.749. The summed E-state index contributed by atoms with van der Waals surface area (Å²) in [7, 11) is -0.219. The lowest BCUT2D eigenvalue weighted by Gasteiger charge is -2.01. The second-order valence-electron chi connectivity index (χ2n) is 3.91. The van der Waals surface area contributed by atoms with Gasteiger partial charge in [0, 0.05) is 7.05 Å². The van der Waals surface area contributed by atoms with Gasteiger partial charge in [-0.15, -0.1) is 0 Å². The Morgan fingerprint density at radius 2 is 2.16 bits per heavy atom. The molecule has 0 aliphatic rings. The fraction of sp³-hybridized carbons (Fsp3) is 0.400. The van der Waals surface area contributed by atoms with Crippen LogP contribution in [0.4, 0.5) is 0 Å². The molecule has 0 saturated heterocycles. The number of nitrogens with one attached hydrogen (secondary N) is 2. The van der Waals surface area contributed by atoms with Crippen LogP contribution in [-0.2, 0) is 30.2 Å². The first-order chi connectivity index (χ1) is 9.01. The van der Waals surface area contributed by atoms with Crippen LogP contribution in [0.15, 0.2) is 28.0 Å². The minimum absolute atomic E-state index is 0.0191. The maximum atomic E-state index is 11.9. The van der Waals surface area contributed by atoms with Gasteiger partial charge in [-0.25, -0.2) is 18.1 Å². The van der Waals surface area contributed by atoms with E-state index in [0.29, 0.717) is 18.1 Å². The van der Waals surface area contributed by atoms with E-state index < -0.39 is 10.0 Å². The number of furan rings is 1. The standard InChI is InChI=1S/C10H15N5O3S/c1-11-5-8-3-4-10(18-8)19(16,17)13-6-9-12-7-15(2)14-9/h3-4,7,11,13H,5-6H2,1-2H3. The first-order valence-electron chi connectivity index (χ1n) is 5.59. The summed E-state index contributed by atoms with van der Waals surface area (Å²) in [5.74, 6) is 0.951. The van der Waals surface area contributed by atoms with Crippen molar-refractivity contribution in [2.75, 3.05) is 7.05 Å². The van der Waals surface area contributed by atoms with Gasteiger partial charge in [-0.3, -0.25) is 4.68 Å². The predicted molar refractivity (Wildman–Crippen MR) is 66.5 cm³/mol. The monoisotopic (exact) mass is 285 g/mol. The molecule has 104 valence electrons. The fourth-order valence-corrected chi connectivity index (χ4v) is 2.39. The topological polar surface area (TPSA) is 102 Å². The molecular weight excluding hydrogens is 270 g/mol. The summed E-state index contributed by atoms with van der Waals surface area (Å²) in [4.78, 5) is 3.93. The molecule has 2 heterocycles. The lowest BCUT2D eigenvalue weighted by Crippen LogP contribution is -2.23. The van der Waals surface area contributed by atoms with Crippen molar-refractivity contribution in [3.8, 4) is 0 Å². The summed E-state index contributed by atoms with van der Waals surface area (Å²) in [6.07, 6.45) is 1.50. The molecule has 0 aliphatic heterocycles. The van der Waals surface area contributed by atoms with Crippen molar-refractivity contribution in [1.82, 2.24) is 24.8 Å². The van der Waals surface area contributed by atoms with Gasteiger partial charge in [0.05, 0.1) is 13.1 Å². The van der Waals surface area contributed by atoms with Crippen LogP contribution in [0.3, 0.4) is 0 Å². The Labute approximate surface area is 110 Å². The molecule has 0 fully saturated rings. The Bertz CT molecular complexity index is 646. The minimum atomic E-state index is -3.68. The molecule has 8 nitrogen and oxygen atoms in total. The third-order valence-corrected chi connectivity index (χ3v) is 3.59. The molecule has 0 spiro atoms.